The van der Waals surface area contributed by atoms with E-state index in [4.69, 9.17) is 9.57 Å². The molecule has 2 aromatic carbocycles. The maximum absolute atomic E-state index is 13.3. The highest BCUT2D eigenvalue weighted by molar-refractivity contribution is 5.82. The Morgan fingerprint density at radius 2 is 1.88 bits per heavy atom. The number of nitrogens with zero attached hydrogens (tertiary/aromatic N) is 2. The zero-order valence-electron chi connectivity index (χ0n) is 19.4. The smallest absolute Gasteiger partial charge is 0.233 e. The van der Waals surface area contributed by atoms with Crippen molar-refractivity contribution in [1.29, 1.82) is 0 Å². The van der Waals surface area contributed by atoms with Gasteiger partial charge in [-0.3, -0.25) is 14.4 Å². The molecule has 1 fully saturated rings. The maximum Gasteiger partial charge on any atom is 0.233 e. The van der Waals surface area contributed by atoms with Crippen molar-refractivity contribution in [3.05, 3.63) is 78.4 Å². The van der Waals surface area contributed by atoms with Gasteiger partial charge in [-0.1, -0.05) is 74.9 Å². The molecule has 0 aliphatic carbocycles. The first-order valence-electron chi connectivity index (χ1n) is 11.6. The van der Waals surface area contributed by atoms with E-state index in [-0.39, 0.29) is 24.3 Å². The number of amides is 2. The summed E-state index contributed by atoms with van der Waals surface area (Å²) in [5.74, 6) is 0.809. The fourth-order valence-corrected chi connectivity index (χ4v) is 4.18. The van der Waals surface area contributed by atoms with Crippen molar-refractivity contribution in [1.82, 2.24) is 9.96 Å². The van der Waals surface area contributed by atoms with E-state index in [1.165, 1.54) is 5.06 Å². The van der Waals surface area contributed by atoms with Gasteiger partial charge in [0.25, 0.3) is 0 Å². The van der Waals surface area contributed by atoms with Crippen molar-refractivity contribution in [2.75, 3.05) is 19.7 Å². The molecule has 0 bridgehead atoms. The van der Waals surface area contributed by atoms with Gasteiger partial charge in [0, 0.05) is 13.1 Å². The predicted octanol–water partition coefficient (Wildman–Crippen LogP) is 4.61. The third-order valence-corrected chi connectivity index (χ3v) is 5.98. The topological polar surface area (TPSA) is 59.1 Å². The SMILES string of the molecule is C=CCOc1ccc(CN2CC(CCCC)C(CN(C=O)OCc3ccccc3)C2=O)cc1. The van der Waals surface area contributed by atoms with Gasteiger partial charge in [0.1, 0.15) is 19.0 Å². The van der Waals surface area contributed by atoms with E-state index < -0.39 is 0 Å². The molecule has 0 aromatic heterocycles. The van der Waals surface area contributed by atoms with Crippen LogP contribution in [0.5, 0.6) is 5.75 Å². The maximum atomic E-state index is 13.3. The number of unbranched alkanes of at least 4 members (excludes halogenated alkanes) is 1. The number of carbonyl (C=O) groups excluding carboxylic acids is 2. The number of likely N-dealkylation sites (tertiary alicyclic amines) is 1. The van der Waals surface area contributed by atoms with Crippen LogP contribution in [0.15, 0.2) is 67.3 Å². The Kier molecular flexibility index (Phi) is 9.51. The van der Waals surface area contributed by atoms with E-state index in [0.717, 1.165) is 36.1 Å². The second-order valence-electron chi connectivity index (χ2n) is 8.44. The standard InChI is InChI=1S/C27H34N2O4/c1-3-5-11-24-18-28(17-22-12-14-25(15-13-22)32-16-4-2)27(31)26(24)19-29(21-30)33-20-23-9-7-6-8-10-23/h4,6-10,12-15,21,24,26H,2-3,5,11,16-20H2,1H3. The lowest BCUT2D eigenvalue weighted by Gasteiger charge is -2.23. The first kappa shape index (κ1) is 24.5. The Balaban J connectivity index is 1.63. The number of hydrogen-bond donors (Lipinski definition) is 0. The molecule has 2 atom stereocenters. The molecule has 2 amide bonds. The molecule has 33 heavy (non-hydrogen) atoms. The highest BCUT2D eigenvalue weighted by atomic mass is 16.7. The Morgan fingerprint density at radius 3 is 2.55 bits per heavy atom. The highest BCUT2D eigenvalue weighted by Crippen LogP contribution is 2.31. The average Bonchev–Trinajstić information content (AvgIpc) is 3.14. The lowest BCUT2D eigenvalue weighted by Crippen LogP contribution is -2.35. The monoisotopic (exact) mass is 450 g/mol. The van der Waals surface area contributed by atoms with Crippen molar-refractivity contribution < 1.29 is 19.2 Å². The lowest BCUT2D eigenvalue weighted by molar-refractivity contribution is -0.182. The van der Waals surface area contributed by atoms with Gasteiger partial charge in [-0.05, 0) is 35.6 Å². The van der Waals surface area contributed by atoms with Crippen LogP contribution in [-0.2, 0) is 27.6 Å². The normalized spacial score (nSPS) is 17.7. The minimum atomic E-state index is -0.257. The van der Waals surface area contributed by atoms with E-state index in [1.807, 2.05) is 59.5 Å². The summed E-state index contributed by atoms with van der Waals surface area (Å²) >= 11 is 0. The molecule has 6 heteroatoms. The van der Waals surface area contributed by atoms with Crippen LogP contribution < -0.4 is 4.74 Å². The predicted molar refractivity (Wildman–Crippen MR) is 128 cm³/mol. The second-order valence-corrected chi connectivity index (χ2v) is 8.44. The number of ether oxygens (including phenoxy) is 1. The van der Waals surface area contributed by atoms with Gasteiger partial charge in [0.2, 0.25) is 12.3 Å². The van der Waals surface area contributed by atoms with Gasteiger partial charge in [-0.15, -0.1) is 0 Å². The fourth-order valence-electron chi connectivity index (χ4n) is 4.18. The van der Waals surface area contributed by atoms with Crippen molar-refractivity contribution in [3.63, 3.8) is 0 Å². The van der Waals surface area contributed by atoms with Crippen LogP contribution in [0.4, 0.5) is 0 Å². The Hall–Kier alpha value is -3.12. The minimum Gasteiger partial charge on any atom is -0.490 e. The van der Waals surface area contributed by atoms with E-state index in [2.05, 4.69) is 13.5 Å². The van der Waals surface area contributed by atoms with E-state index in [0.29, 0.717) is 32.7 Å². The Labute approximate surface area is 196 Å². The van der Waals surface area contributed by atoms with E-state index in [9.17, 15) is 9.59 Å². The second kappa shape index (κ2) is 12.8. The summed E-state index contributed by atoms with van der Waals surface area (Å²) in [4.78, 5) is 32.6. The van der Waals surface area contributed by atoms with Crippen LogP contribution >= 0.6 is 0 Å². The Bertz CT molecular complexity index is 885. The first-order chi connectivity index (χ1) is 16.1. The molecule has 1 saturated heterocycles. The molecular formula is C27H34N2O4. The third-order valence-electron chi connectivity index (χ3n) is 5.98. The molecule has 0 N–H and O–H groups in total. The van der Waals surface area contributed by atoms with Gasteiger partial charge in [0.05, 0.1) is 12.5 Å². The van der Waals surface area contributed by atoms with Crippen LogP contribution in [0.2, 0.25) is 0 Å². The number of hydroxylamine groups is 2. The molecule has 176 valence electrons. The fraction of sp³-hybridized carbons (Fsp3) is 0.407. The van der Waals surface area contributed by atoms with E-state index in [1.54, 1.807) is 6.08 Å². The molecule has 3 rings (SSSR count). The lowest BCUT2D eigenvalue weighted by atomic mass is 9.90. The summed E-state index contributed by atoms with van der Waals surface area (Å²) in [6, 6.07) is 17.5. The van der Waals surface area contributed by atoms with Gasteiger partial charge < -0.3 is 9.64 Å². The molecular weight excluding hydrogens is 416 g/mol. The zero-order valence-corrected chi connectivity index (χ0v) is 19.4. The number of hydrogen-bond acceptors (Lipinski definition) is 4. The van der Waals surface area contributed by atoms with Crippen molar-refractivity contribution in [2.24, 2.45) is 11.8 Å². The first-order valence-corrected chi connectivity index (χ1v) is 11.6. The number of benzene rings is 2. The molecule has 1 aliphatic rings. The van der Waals surface area contributed by atoms with Crippen LogP contribution in [0.1, 0.15) is 37.3 Å². The average molecular weight is 451 g/mol. The van der Waals surface area contributed by atoms with Crippen molar-refractivity contribution >= 4 is 12.3 Å². The number of rotatable bonds is 14. The van der Waals surface area contributed by atoms with Crippen molar-refractivity contribution in [2.45, 2.75) is 39.3 Å². The minimum absolute atomic E-state index is 0.0817. The molecule has 2 aromatic rings. The number of carbonyl (C=O) groups is 2. The van der Waals surface area contributed by atoms with E-state index >= 15 is 0 Å². The van der Waals surface area contributed by atoms with Crippen LogP contribution in [0.25, 0.3) is 0 Å². The summed E-state index contributed by atoms with van der Waals surface area (Å²) in [5, 5.41) is 1.28. The summed E-state index contributed by atoms with van der Waals surface area (Å²) in [7, 11) is 0. The molecule has 0 spiro atoms. The van der Waals surface area contributed by atoms with Crippen LogP contribution in [0.3, 0.4) is 0 Å². The Morgan fingerprint density at radius 1 is 1.12 bits per heavy atom. The zero-order chi connectivity index (χ0) is 23.5. The van der Waals surface area contributed by atoms with Gasteiger partial charge in [0.15, 0.2) is 0 Å². The van der Waals surface area contributed by atoms with Gasteiger partial charge in [-0.2, -0.15) is 0 Å². The van der Waals surface area contributed by atoms with Crippen molar-refractivity contribution in [3.8, 4) is 5.75 Å². The summed E-state index contributed by atoms with van der Waals surface area (Å²) in [5.41, 5.74) is 2.03. The van der Waals surface area contributed by atoms with Gasteiger partial charge >= 0.3 is 0 Å². The summed E-state index contributed by atoms with van der Waals surface area (Å²) in [6.07, 6.45) is 5.48. The quantitative estimate of drug-likeness (QED) is 0.240. The molecule has 0 radical (unpaired) electrons. The van der Waals surface area contributed by atoms with Crippen LogP contribution in [0, 0.1) is 11.8 Å². The molecule has 0 saturated carbocycles. The largest absolute Gasteiger partial charge is 0.490 e. The van der Waals surface area contributed by atoms with Crippen LogP contribution in [-0.4, -0.2) is 42.0 Å². The molecule has 2 unspecified atom stereocenters. The van der Waals surface area contributed by atoms with Gasteiger partial charge in [-0.25, -0.2) is 5.06 Å². The highest BCUT2D eigenvalue weighted by Gasteiger charge is 2.40. The molecule has 1 heterocycles. The summed E-state index contributed by atoms with van der Waals surface area (Å²) < 4.78 is 5.54. The summed E-state index contributed by atoms with van der Waals surface area (Å²) in [6.45, 7) is 8.08. The molecule has 1 aliphatic heterocycles. The third kappa shape index (κ3) is 7.19. The molecule has 6 nitrogen and oxygen atoms in total.